The molecule has 4 aromatic rings. The number of aromatic hydroxyl groups is 1. The molecule has 1 heterocycles. The molecule has 1 aromatic heterocycles. The van der Waals surface area contributed by atoms with Gasteiger partial charge in [-0.3, -0.25) is 4.79 Å². The van der Waals surface area contributed by atoms with Gasteiger partial charge in [0.15, 0.2) is 12.5 Å². The number of amides is 1. The number of nitrogens with one attached hydrogen (secondary N) is 1. The molecule has 0 saturated carbocycles. The summed E-state index contributed by atoms with van der Waals surface area (Å²) in [6.07, 6.45) is 0. The fourth-order valence-corrected chi connectivity index (χ4v) is 3.25. The van der Waals surface area contributed by atoms with E-state index in [0.717, 1.165) is 16.5 Å². The van der Waals surface area contributed by atoms with Crippen LogP contribution in [0.1, 0.15) is 11.1 Å². The van der Waals surface area contributed by atoms with Crippen molar-refractivity contribution in [1.82, 2.24) is 9.88 Å². The number of aliphatic imine (C=N–C) groups is 1. The van der Waals surface area contributed by atoms with Gasteiger partial charge in [0.25, 0.3) is 5.91 Å². The van der Waals surface area contributed by atoms with Crippen LogP contribution in [0, 0.1) is 0 Å². The number of aromatic amines is 1. The van der Waals surface area contributed by atoms with Gasteiger partial charge in [-0.15, -0.1) is 0 Å². The first kappa shape index (κ1) is 20.2. The van der Waals surface area contributed by atoms with Crippen LogP contribution in [0.2, 0.25) is 0 Å². The Morgan fingerprint density at radius 1 is 0.968 bits per heavy atom. The molecule has 3 aromatic carbocycles. The zero-order valence-corrected chi connectivity index (χ0v) is 17.4. The number of para-hydroxylation sites is 1. The number of H-pyrrole nitrogens is 1. The van der Waals surface area contributed by atoms with Crippen LogP contribution in [0.4, 0.5) is 5.69 Å². The number of likely N-dealkylation sites (N-methyl/N-ethyl adjacent to an activating group) is 1. The second-order valence-electron chi connectivity index (χ2n) is 7.29. The second-order valence-corrected chi connectivity index (χ2v) is 7.29. The lowest BCUT2D eigenvalue weighted by atomic mass is 10.0. The minimum Gasteiger partial charge on any atom is -0.494 e. The Kier molecular flexibility index (Phi) is 5.71. The van der Waals surface area contributed by atoms with Crippen molar-refractivity contribution in [3.63, 3.8) is 0 Å². The van der Waals surface area contributed by atoms with E-state index < -0.39 is 0 Å². The summed E-state index contributed by atoms with van der Waals surface area (Å²) in [5.74, 6) is 0.555. The molecule has 31 heavy (non-hydrogen) atoms. The van der Waals surface area contributed by atoms with Crippen molar-refractivity contribution in [2.45, 2.75) is 0 Å². The molecule has 2 N–H and O–H groups in total. The van der Waals surface area contributed by atoms with E-state index in [1.807, 2.05) is 66.7 Å². The summed E-state index contributed by atoms with van der Waals surface area (Å²) in [6.45, 7) is -0.0198. The first-order valence-corrected chi connectivity index (χ1v) is 9.90. The molecular formula is C25H23N3O3. The topological polar surface area (TPSA) is 77.9 Å². The highest BCUT2D eigenvalue weighted by Gasteiger charge is 2.18. The van der Waals surface area contributed by atoms with E-state index in [1.165, 1.54) is 4.90 Å². The molecule has 0 unspecified atom stereocenters. The molecule has 6 heteroatoms. The summed E-state index contributed by atoms with van der Waals surface area (Å²) in [4.78, 5) is 21.1. The Labute approximate surface area is 180 Å². The normalized spacial score (nSPS) is 11.5. The fraction of sp³-hybridized carbons (Fsp3) is 0.120. The molecule has 6 nitrogen and oxygen atoms in total. The van der Waals surface area contributed by atoms with Crippen LogP contribution in [0.25, 0.3) is 10.9 Å². The number of rotatable bonds is 6. The van der Waals surface area contributed by atoms with Crippen LogP contribution in [-0.4, -0.2) is 47.3 Å². The molecule has 0 saturated heterocycles. The van der Waals surface area contributed by atoms with Crippen LogP contribution >= 0.6 is 0 Å². The maximum Gasteiger partial charge on any atom is 0.259 e. The van der Waals surface area contributed by atoms with E-state index in [1.54, 1.807) is 26.2 Å². The maximum absolute atomic E-state index is 11.7. The highest BCUT2D eigenvalue weighted by Crippen LogP contribution is 2.31. The number of benzene rings is 3. The average Bonchev–Trinajstić information content (AvgIpc) is 3.12. The van der Waals surface area contributed by atoms with Crippen LogP contribution in [0.3, 0.4) is 0 Å². The van der Waals surface area contributed by atoms with Gasteiger partial charge in [0.1, 0.15) is 5.75 Å². The Bertz CT molecular complexity index is 1230. The zero-order valence-electron chi connectivity index (χ0n) is 17.4. The van der Waals surface area contributed by atoms with Crippen molar-refractivity contribution >= 4 is 28.2 Å². The molecule has 0 bridgehead atoms. The van der Waals surface area contributed by atoms with Crippen molar-refractivity contribution < 1.29 is 14.6 Å². The SMILES string of the molecule is CN(C)C(=O)COc1ccc(N=C(c2ccccc2)c2c(O)[nH]c3ccccc23)cc1. The predicted octanol–water partition coefficient (Wildman–Crippen LogP) is 4.51. The molecule has 0 aliphatic carbocycles. The molecule has 0 atom stereocenters. The highest BCUT2D eigenvalue weighted by atomic mass is 16.5. The molecule has 0 fully saturated rings. The molecule has 1 amide bonds. The summed E-state index contributed by atoms with van der Waals surface area (Å²) in [6, 6.07) is 24.7. The summed E-state index contributed by atoms with van der Waals surface area (Å²) >= 11 is 0. The van der Waals surface area contributed by atoms with E-state index >= 15 is 0 Å². The number of fused-ring (bicyclic) bond motifs is 1. The number of carbonyl (C=O) groups excluding carboxylic acids is 1. The van der Waals surface area contributed by atoms with E-state index in [2.05, 4.69) is 4.98 Å². The quantitative estimate of drug-likeness (QED) is 0.457. The van der Waals surface area contributed by atoms with E-state index in [-0.39, 0.29) is 18.4 Å². The van der Waals surface area contributed by atoms with E-state index in [0.29, 0.717) is 22.7 Å². The molecular weight excluding hydrogens is 390 g/mol. The summed E-state index contributed by atoms with van der Waals surface area (Å²) in [5, 5.41) is 11.6. The van der Waals surface area contributed by atoms with Gasteiger partial charge >= 0.3 is 0 Å². The Morgan fingerprint density at radius 3 is 2.35 bits per heavy atom. The standard InChI is InChI=1S/C25H23N3O3/c1-28(2)22(29)16-31-19-14-12-18(13-15-19)26-24(17-8-4-3-5-9-17)23-20-10-6-7-11-21(20)27-25(23)30/h3-15,27,30H,16H2,1-2H3. The summed E-state index contributed by atoms with van der Waals surface area (Å²) in [7, 11) is 3.38. The van der Waals surface area contributed by atoms with E-state index in [9.17, 15) is 9.90 Å². The van der Waals surface area contributed by atoms with Crippen molar-refractivity contribution in [2.24, 2.45) is 4.99 Å². The molecule has 0 aliphatic rings. The van der Waals surface area contributed by atoms with Gasteiger partial charge in [-0.1, -0.05) is 48.5 Å². The van der Waals surface area contributed by atoms with Crippen LogP contribution in [0.15, 0.2) is 83.9 Å². The maximum atomic E-state index is 11.7. The zero-order chi connectivity index (χ0) is 21.8. The highest BCUT2D eigenvalue weighted by molar-refractivity contribution is 6.21. The fourth-order valence-electron chi connectivity index (χ4n) is 3.25. The third-order valence-corrected chi connectivity index (χ3v) is 4.91. The van der Waals surface area contributed by atoms with Gasteiger partial charge in [-0.2, -0.15) is 0 Å². The predicted molar refractivity (Wildman–Crippen MR) is 122 cm³/mol. The minimum absolute atomic E-state index is 0.0198. The number of hydrogen-bond donors (Lipinski definition) is 2. The number of aromatic nitrogens is 1. The van der Waals surface area contributed by atoms with Crippen molar-refractivity contribution in [1.29, 1.82) is 0 Å². The number of ether oxygens (including phenoxy) is 1. The molecule has 0 spiro atoms. The number of carbonyl (C=O) groups is 1. The number of nitrogens with zero attached hydrogens (tertiary/aromatic N) is 2. The first-order chi connectivity index (χ1) is 15.0. The lowest BCUT2D eigenvalue weighted by Gasteiger charge is -2.11. The van der Waals surface area contributed by atoms with E-state index in [4.69, 9.17) is 9.73 Å². The van der Waals surface area contributed by atoms with Gasteiger partial charge in [-0.05, 0) is 30.3 Å². The number of hydrogen-bond acceptors (Lipinski definition) is 4. The third-order valence-electron chi connectivity index (χ3n) is 4.91. The van der Waals surface area contributed by atoms with Crippen molar-refractivity contribution in [3.05, 3.63) is 90.0 Å². The molecule has 0 radical (unpaired) electrons. The monoisotopic (exact) mass is 413 g/mol. The largest absolute Gasteiger partial charge is 0.494 e. The Hall–Kier alpha value is -4.06. The van der Waals surface area contributed by atoms with Crippen LogP contribution in [-0.2, 0) is 4.79 Å². The summed E-state index contributed by atoms with van der Waals surface area (Å²) < 4.78 is 5.54. The van der Waals surface area contributed by atoms with Crippen LogP contribution in [0.5, 0.6) is 11.6 Å². The van der Waals surface area contributed by atoms with Gasteiger partial charge in [0.05, 0.1) is 17.0 Å². The van der Waals surface area contributed by atoms with Crippen molar-refractivity contribution in [2.75, 3.05) is 20.7 Å². The van der Waals surface area contributed by atoms with Gasteiger partial charge in [0.2, 0.25) is 0 Å². The Morgan fingerprint density at radius 2 is 1.65 bits per heavy atom. The average molecular weight is 413 g/mol. The van der Waals surface area contributed by atoms with Crippen molar-refractivity contribution in [3.8, 4) is 11.6 Å². The van der Waals surface area contributed by atoms with Gasteiger partial charge < -0.3 is 19.7 Å². The lowest BCUT2D eigenvalue weighted by Crippen LogP contribution is -2.27. The second kappa shape index (κ2) is 8.75. The van der Waals surface area contributed by atoms with Gasteiger partial charge in [-0.25, -0.2) is 4.99 Å². The molecule has 156 valence electrons. The Balaban J connectivity index is 1.71. The third kappa shape index (κ3) is 4.43. The summed E-state index contributed by atoms with van der Waals surface area (Å²) in [5.41, 5.74) is 3.74. The molecule has 4 rings (SSSR count). The first-order valence-electron chi connectivity index (χ1n) is 9.90. The van der Waals surface area contributed by atoms with Crippen LogP contribution < -0.4 is 4.74 Å². The lowest BCUT2D eigenvalue weighted by molar-refractivity contribution is -0.130. The smallest absolute Gasteiger partial charge is 0.259 e. The minimum atomic E-state index is -0.108. The van der Waals surface area contributed by atoms with Gasteiger partial charge in [0, 0.05) is 30.6 Å². The molecule has 0 aliphatic heterocycles.